The van der Waals surface area contributed by atoms with Crippen LogP contribution in [0.15, 0.2) is 41.1 Å². The van der Waals surface area contributed by atoms with E-state index in [1.165, 1.54) is 6.26 Å². The molecule has 2 aromatic heterocycles. The first kappa shape index (κ1) is 13.5. The van der Waals surface area contributed by atoms with E-state index in [2.05, 4.69) is 9.88 Å². The van der Waals surface area contributed by atoms with E-state index in [0.717, 1.165) is 12.2 Å². The molecule has 6 heteroatoms. The van der Waals surface area contributed by atoms with Crippen LogP contribution in [-0.2, 0) is 11.3 Å². The van der Waals surface area contributed by atoms with E-state index in [1.54, 1.807) is 17.0 Å². The molecule has 21 heavy (non-hydrogen) atoms. The maximum absolute atomic E-state index is 12.3. The predicted molar refractivity (Wildman–Crippen MR) is 75.6 cm³/mol. The summed E-state index contributed by atoms with van der Waals surface area (Å²) in [5.74, 6) is -0.250. The van der Waals surface area contributed by atoms with Crippen molar-refractivity contribution in [3.05, 3.63) is 48.2 Å². The Bertz CT molecular complexity index is 645. The van der Waals surface area contributed by atoms with Crippen molar-refractivity contribution in [2.75, 3.05) is 13.1 Å². The van der Waals surface area contributed by atoms with Crippen LogP contribution < -0.4 is 5.32 Å². The van der Waals surface area contributed by atoms with Crippen molar-refractivity contribution in [1.82, 2.24) is 14.8 Å². The van der Waals surface area contributed by atoms with Gasteiger partial charge in [-0.05, 0) is 31.2 Å². The van der Waals surface area contributed by atoms with Crippen LogP contribution in [0.1, 0.15) is 29.2 Å². The second-order valence-corrected chi connectivity index (χ2v) is 5.05. The van der Waals surface area contributed by atoms with Crippen LogP contribution in [0.4, 0.5) is 0 Å². The Kier molecular flexibility index (Phi) is 3.51. The summed E-state index contributed by atoms with van der Waals surface area (Å²) >= 11 is 0. The minimum atomic E-state index is -0.374. The fourth-order valence-corrected chi connectivity index (χ4v) is 2.67. The Labute approximate surface area is 122 Å². The maximum Gasteiger partial charge on any atom is 0.287 e. The van der Waals surface area contributed by atoms with Crippen molar-refractivity contribution in [1.29, 1.82) is 0 Å². The lowest BCUT2D eigenvalue weighted by Crippen LogP contribution is -2.45. The van der Waals surface area contributed by atoms with Gasteiger partial charge in [0.25, 0.3) is 5.91 Å². The Morgan fingerprint density at radius 3 is 2.95 bits per heavy atom. The molecule has 0 fully saturated rings. The van der Waals surface area contributed by atoms with E-state index in [4.69, 9.17) is 4.42 Å². The lowest BCUT2D eigenvalue weighted by atomic mass is 10.1. The quantitative estimate of drug-likeness (QED) is 0.928. The second-order valence-electron chi connectivity index (χ2n) is 5.05. The molecule has 0 spiro atoms. The number of nitrogens with zero attached hydrogens (tertiary/aromatic N) is 2. The fourth-order valence-electron chi connectivity index (χ4n) is 2.67. The average molecular weight is 287 g/mol. The molecule has 0 aromatic carbocycles. The highest BCUT2D eigenvalue weighted by Gasteiger charge is 2.27. The van der Waals surface area contributed by atoms with Crippen molar-refractivity contribution in [3.8, 4) is 0 Å². The number of furan rings is 1. The molecule has 6 nitrogen and oxygen atoms in total. The molecule has 3 heterocycles. The largest absolute Gasteiger partial charge is 0.459 e. The first-order valence-electron chi connectivity index (χ1n) is 6.93. The van der Waals surface area contributed by atoms with Crippen molar-refractivity contribution in [3.63, 3.8) is 0 Å². The van der Waals surface area contributed by atoms with Crippen molar-refractivity contribution < 1.29 is 14.0 Å². The van der Waals surface area contributed by atoms with Gasteiger partial charge in [-0.3, -0.25) is 9.59 Å². The topological polar surface area (TPSA) is 67.5 Å². The van der Waals surface area contributed by atoms with Crippen molar-refractivity contribution in [2.45, 2.75) is 19.5 Å². The standard InChI is InChI=1S/C15H17N3O3/c1-11-12-4-2-6-17(12)7-8-18(11)14(19)10-16-15(20)13-5-3-9-21-13/h2-6,9,11H,7-8,10H2,1H3,(H,16,20). The Morgan fingerprint density at radius 2 is 2.19 bits per heavy atom. The van der Waals surface area contributed by atoms with Gasteiger partial charge in [0.15, 0.2) is 5.76 Å². The minimum absolute atomic E-state index is 0.0155. The molecule has 0 bridgehead atoms. The highest BCUT2D eigenvalue weighted by atomic mass is 16.3. The second kappa shape index (κ2) is 5.47. The van der Waals surface area contributed by atoms with E-state index in [1.807, 2.05) is 25.3 Å². The average Bonchev–Trinajstić information content (AvgIpc) is 3.15. The molecule has 0 saturated heterocycles. The van der Waals surface area contributed by atoms with Crippen LogP contribution in [0.2, 0.25) is 0 Å². The van der Waals surface area contributed by atoms with Crippen LogP contribution in [-0.4, -0.2) is 34.4 Å². The number of rotatable bonds is 3. The van der Waals surface area contributed by atoms with Crippen LogP contribution in [0.25, 0.3) is 0 Å². The van der Waals surface area contributed by atoms with Gasteiger partial charge in [-0.1, -0.05) is 0 Å². The highest BCUT2D eigenvalue weighted by Crippen LogP contribution is 2.24. The third-order valence-electron chi connectivity index (χ3n) is 3.81. The van der Waals surface area contributed by atoms with Gasteiger partial charge >= 0.3 is 0 Å². The summed E-state index contributed by atoms with van der Waals surface area (Å²) in [5.41, 5.74) is 1.12. The summed E-state index contributed by atoms with van der Waals surface area (Å²) in [4.78, 5) is 25.8. The highest BCUT2D eigenvalue weighted by molar-refractivity contribution is 5.94. The lowest BCUT2D eigenvalue weighted by Gasteiger charge is -2.35. The Morgan fingerprint density at radius 1 is 1.33 bits per heavy atom. The lowest BCUT2D eigenvalue weighted by molar-refractivity contribution is -0.133. The summed E-state index contributed by atoms with van der Waals surface area (Å²) in [6.45, 7) is 3.41. The number of nitrogens with one attached hydrogen (secondary N) is 1. The molecule has 0 aliphatic carbocycles. The molecule has 1 aliphatic heterocycles. The van der Waals surface area contributed by atoms with Gasteiger partial charge in [0, 0.05) is 25.0 Å². The van der Waals surface area contributed by atoms with Gasteiger partial charge in [-0.2, -0.15) is 0 Å². The van der Waals surface area contributed by atoms with Crippen LogP contribution in [0.5, 0.6) is 0 Å². The molecule has 1 atom stereocenters. The van der Waals surface area contributed by atoms with Gasteiger partial charge in [0.05, 0.1) is 18.8 Å². The summed E-state index contributed by atoms with van der Waals surface area (Å²) in [6, 6.07) is 7.22. The number of fused-ring (bicyclic) bond motifs is 1. The summed E-state index contributed by atoms with van der Waals surface area (Å²) in [5, 5.41) is 2.59. The normalized spacial score (nSPS) is 17.4. The number of amides is 2. The smallest absolute Gasteiger partial charge is 0.287 e. The van der Waals surface area contributed by atoms with Crippen LogP contribution in [0.3, 0.4) is 0 Å². The monoisotopic (exact) mass is 287 g/mol. The molecule has 1 unspecified atom stereocenters. The van der Waals surface area contributed by atoms with Gasteiger partial charge in [0.2, 0.25) is 5.91 Å². The SMILES string of the molecule is CC1c2cccn2CCN1C(=O)CNC(=O)c1ccco1. The van der Waals surface area contributed by atoms with Gasteiger partial charge < -0.3 is 19.2 Å². The van der Waals surface area contributed by atoms with Crippen molar-refractivity contribution >= 4 is 11.8 Å². The van der Waals surface area contributed by atoms with Gasteiger partial charge in [-0.15, -0.1) is 0 Å². The van der Waals surface area contributed by atoms with Gasteiger partial charge in [0.1, 0.15) is 0 Å². The minimum Gasteiger partial charge on any atom is -0.459 e. The molecule has 1 aliphatic rings. The molecular weight excluding hydrogens is 270 g/mol. The number of hydrogen-bond donors (Lipinski definition) is 1. The van der Waals surface area contributed by atoms with Crippen LogP contribution >= 0.6 is 0 Å². The number of aromatic nitrogens is 1. The number of hydrogen-bond acceptors (Lipinski definition) is 3. The molecule has 110 valence electrons. The zero-order chi connectivity index (χ0) is 14.8. The van der Waals surface area contributed by atoms with E-state index in [0.29, 0.717) is 6.54 Å². The maximum atomic E-state index is 12.3. The molecule has 0 saturated carbocycles. The molecule has 1 N–H and O–H groups in total. The Hall–Kier alpha value is -2.50. The van der Waals surface area contributed by atoms with E-state index < -0.39 is 0 Å². The van der Waals surface area contributed by atoms with Gasteiger partial charge in [-0.25, -0.2) is 0 Å². The van der Waals surface area contributed by atoms with Crippen molar-refractivity contribution in [2.24, 2.45) is 0 Å². The fraction of sp³-hybridized carbons (Fsp3) is 0.333. The predicted octanol–water partition coefficient (Wildman–Crippen LogP) is 1.41. The zero-order valence-corrected chi connectivity index (χ0v) is 11.8. The number of carbonyl (C=O) groups is 2. The molecular formula is C15H17N3O3. The molecule has 2 aromatic rings. The molecule has 3 rings (SSSR count). The zero-order valence-electron chi connectivity index (χ0n) is 11.8. The number of carbonyl (C=O) groups excluding carboxylic acids is 2. The molecule has 2 amide bonds. The first-order valence-corrected chi connectivity index (χ1v) is 6.93. The third kappa shape index (κ3) is 2.56. The van der Waals surface area contributed by atoms with Crippen LogP contribution in [0, 0.1) is 0 Å². The summed E-state index contributed by atoms with van der Waals surface area (Å²) in [6.07, 6.45) is 3.45. The van der Waals surface area contributed by atoms with E-state index >= 15 is 0 Å². The summed E-state index contributed by atoms with van der Waals surface area (Å²) < 4.78 is 7.14. The third-order valence-corrected chi connectivity index (χ3v) is 3.81. The Balaban J connectivity index is 1.60. The van der Waals surface area contributed by atoms with E-state index in [-0.39, 0.29) is 30.2 Å². The first-order chi connectivity index (χ1) is 10.2. The summed E-state index contributed by atoms with van der Waals surface area (Å²) in [7, 11) is 0. The van der Waals surface area contributed by atoms with E-state index in [9.17, 15) is 9.59 Å². The molecule has 0 radical (unpaired) electrons.